The largest absolute Gasteiger partial charge is 0.352 e. The molecule has 8 heteroatoms. The van der Waals surface area contributed by atoms with Crippen molar-refractivity contribution in [3.8, 4) is 0 Å². The molecule has 0 aromatic carbocycles. The summed E-state index contributed by atoms with van der Waals surface area (Å²) in [5, 5.41) is 2.81. The van der Waals surface area contributed by atoms with Crippen molar-refractivity contribution in [3.05, 3.63) is 34.2 Å². The fraction of sp³-hybridized carbons (Fsp3) is 0.571. The summed E-state index contributed by atoms with van der Waals surface area (Å²) < 4.78 is 25.9. The van der Waals surface area contributed by atoms with E-state index in [1.807, 2.05) is 0 Å². The highest BCUT2D eigenvalue weighted by Gasteiger charge is 2.26. The molecule has 7 nitrogen and oxygen atoms in total. The summed E-state index contributed by atoms with van der Waals surface area (Å²) in [4.78, 5) is 23.4. The highest BCUT2D eigenvalue weighted by atomic mass is 32.2. The predicted octanol–water partition coefficient (Wildman–Crippen LogP) is -0.213. The van der Waals surface area contributed by atoms with Gasteiger partial charge in [0, 0.05) is 38.9 Å². The maximum absolute atomic E-state index is 12.1. The van der Waals surface area contributed by atoms with E-state index in [9.17, 15) is 18.0 Å². The average Bonchev–Trinajstić information content (AvgIpc) is 2.47. The minimum Gasteiger partial charge on any atom is -0.352 e. The van der Waals surface area contributed by atoms with Crippen LogP contribution < -0.4 is 10.9 Å². The molecule has 22 heavy (non-hydrogen) atoms. The summed E-state index contributed by atoms with van der Waals surface area (Å²) in [7, 11) is -1.59. The van der Waals surface area contributed by atoms with E-state index in [0.29, 0.717) is 25.2 Å². The van der Waals surface area contributed by atoms with Crippen LogP contribution in [0.1, 0.15) is 23.2 Å². The molecule has 1 N–H and O–H groups in total. The number of hydrogen-bond acceptors (Lipinski definition) is 4. The molecule has 1 aliphatic heterocycles. The molecule has 1 aromatic heterocycles. The summed E-state index contributed by atoms with van der Waals surface area (Å²) in [5.74, 6) is -0.146. The van der Waals surface area contributed by atoms with E-state index in [1.54, 1.807) is 7.05 Å². The van der Waals surface area contributed by atoms with Crippen LogP contribution >= 0.6 is 0 Å². The molecule has 0 bridgehead atoms. The maximum Gasteiger partial charge on any atom is 0.252 e. The van der Waals surface area contributed by atoms with E-state index in [2.05, 4.69) is 5.32 Å². The lowest BCUT2D eigenvalue weighted by Gasteiger charge is -2.30. The van der Waals surface area contributed by atoms with Crippen LogP contribution in [0.15, 0.2) is 23.1 Å². The fourth-order valence-electron chi connectivity index (χ4n) is 2.56. The number of carbonyl (C=O) groups excluding carboxylic acids is 1. The number of pyridine rings is 1. The standard InChI is InChI=1S/C14H21N3O4S/c1-16-10-12(5-6-13(16)18)14(19)15-8-11-4-3-7-17(9-11)22(2,20)21/h5-6,10-11H,3-4,7-9H2,1-2H3,(H,15,19). The number of aromatic nitrogens is 1. The summed E-state index contributed by atoms with van der Waals surface area (Å²) in [6.45, 7) is 1.41. The van der Waals surface area contributed by atoms with Gasteiger partial charge in [-0.2, -0.15) is 0 Å². The molecule has 1 fully saturated rings. The Bertz CT molecular complexity index is 711. The first-order chi connectivity index (χ1) is 10.3. The predicted molar refractivity (Wildman–Crippen MR) is 83.2 cm³/mol. The molecular weight excluding hydrogens is 306 g/mol. The van der Waals surface area contributed by atoms with Gasteiger partial charge in [-0.3, -0.25) is 9.59 Å². The highest BCUT2D eigenvalue weighted by Crippen LogP contribution is 2.18. The number of piperidine rings is 1. The zero-order valence-corrected chi connectivity index (χ0v) is 13.6. The first-order valence-electron chi connectivity index (χ1n) is 7.17. The van der Waals surface area contributed by atoms with Gasteiger partial charge in [0.05, 0.1) is 11.8 Å². The maximum atomic E-state index is 12.1. The van der Waals surface area contributed by atoms with Crippen LogP contribution in [0, 0.1) is 5.92 Å². The van der Waals surface area contributed by atoms with Gasteiger partial charge in [0.25, 0.3) is 5.91 Å². The second-order valence-electron chi connectivity index (χ2n) is 5.71. The van der Waals surface area contributed by atoms with Gasteiger partial charge in [-0.05, 0) is 24.8 Å². The third-order valence-electron chi connectivity index (χ3n) is 3.85. The topological polar surface area (TPSA) is 88.5 Å². The molecule has 122 valence electrons. The molecule has 1 aromatic rings. The van der Waals surface area contributed by atoms with Crippen molar-refractivity contribution in [3.63, 3.8) is 0 Å². The number of amides is 1. The molecule has 0 spiro atoms. The van der Waals surface area contributed by atoms with E-state index < -0.39 is 10.0 Å². The van der Waals surface area contributed by atoms with Gasteiger partial charge in [-0.1, -0.05) is 0 Å². The van der Waals surface area contributed by atoms with Crippen molar-refractivity contribution < 1.29 is 13.2 Å². The molecule has 1 aliphatic rings. The summed E-state index contributed by atoms with van der Waals surface area (Å²) in [6, 6.07) is 2.84. The van der Waals surface area contributed by atoms with Crippen LogP contribution in [-0.4, -0.2) is 49.1 Å². The Balaban J connectivity index is 1.93. The van der Waals surface area contributed by atoms with Crippen LogP contribution in [0.2, 0.25) is 0 Å². The van der Waals surface area contributed by atoms with Crippen molar-refractivity contribution in [2.45, 2.75) is 12.8 Å². The Kier molecular flexibility index (Phi) is 5.02. The molecule has 1 amide bonds. The Labute approximate surface area is 130 Å². The molecule has 0 radical (unpaired) electrons. The normalized spacial score (nSPS) is 19.8. The van der Waals surface area contributed by atoms with Gasteiger partial charge >= 0.3 is 0 Å². The van der Waals surface area contributed by atoms with Crippen LogP contribution in [-0.2, 0) is 17.1 Å². The second-order valence-corrected chi connectivity index (χ2v) is 7.69. The smallest absolute Gasteiger partial charge is 0.252 e. The molecule has 0 saturated carbocycles. The zero-order chi connectivity index (χ0) is 16.3. The molecule has 2 heterocycles. The number of sulfonamides is 1. The molecule has 1 unspecified atom stereocenters. The Hall–Kier alpha value is -1.67. The third kappa shape index (κ3) is 4.17. The Morgan fingerprint density at radius 1 is 1.41 bits per heavy atom. The fourth-order valence-corrected chi connectivity index (χ4v) is 3.50. The van der Waals surface area contributed by atoms with Gasteiger partial charge in [0.15, 0.2) is 0 Å². The molecular formula is C14H21N3O4S. The average molecular weight is 327 g/mol. The minimum absolute atomic E-state index is 0.111. The van der Waals surface area contributed by atoms with Crippen LogP contribution in [0.4, 0.5) is 0 Å². The zero-order valence-electron chi connectivity index (χ0n) is 12.8. The van der Waals surface area contributed by atoms with Crippen LogP contribution in [0.3, 0.4) is 0 Å². The van der Waals surface area contributed by atoms with Gasteiger partial charge in [0.2, 0.25) is 15.6 Å². The van der Waals surface area contributed by atoms with Crippen molar-refractivity contribution in [2.24, 2.45) is 13.0 Å². The van der Waals surface area contributed by atoms with E-state index in [1.165, 1.54) is 33.5 Å². The number of carbonyl (C=O) groups is 1. The van der Waals surface area contributed by atoms with E-state index in [4.69, 9.17) is 0 Å². The van der Waals surface area contributed by atoms with Gasteiger partial charge in [-0.15, -0.1) is 0 Å². The van der Waals surface area contributed by atoms with Crippen molar-refractivity contribution in [1.29, 1.82) is 0 Å². The number of aryl methyl sites for hydroxylation is 1. The minimum atomic E-state index is -3.18. The first kappa shape index (κ1) is 16.7. The van der Waals surface area contributed by atoms with Crippen molar-refractivity contribution >= 4 is 15.9 Å². The second kappa shape index (κ2) is 6.62. The SMILES string of the molecule is Cn1cc(C(=O)NCC2CCCN(S(C)(=O)=O)C2)ccc1=O. The quantitative estimate of drug-likeness (QED) is 0.828. The van der Waals surface area contributed by atoms with Gasteiger partial charge < -0.3 is 9.88 Å². The molecule has 2 rings (SSSR count). The van der Waals surface area contributed by atoms with Crippen molar-refractivity contribution in [2.75, 3.05) is 25.9 Å². The van der Waals surface area contributed by atoms with Gasteiger partial charge in [-0.25, -0.2) is 12.7 Å². The third-order valence-corrected chi connectivity index (χ3v) is 5.12. The number of nitrogens with zero attached hydrogens (tertiary/aromatic N) is 2. The van der Waals surface area contributed by atoms with Crippen molar-refractivity contribution in [1.82, 2.24) is 14.2 Å². The molecule has 1 atom stereocenters. The lowest BCUT2D eigenvalue weighted by molar-refractivity contribution is 0.0941. The number of hydrogen-bond donors (Lipinski definition) is 1. The highest BCUT2D eigenvalue weighted by molar-refractivity contribution is 7.88. The Morgan fingerprint density at radius 3 is 2.77 bits per heavy atom. The summed E-state index contributed by atoms with van der Waals surface area (Å²) in [5.41, 5.74) is 0.241. The summed E-state index contributed by atoms with van der Waals surface area (Å²) >= 11 is 0. The number of nitrogens with one attached hydrogen (secondary N) is 1. The number of rotatable bonds is 4. The first-order valence-corrected chi connectivity index (χ1v) is 9.02. The molecule has 1 saturated heterocycles. The van der Waals surface area contributed by atoms with Crippen LogP contribution in [0.5, 0.6) is 0 Å². The van der Waals surface area contributed by atoms with Crippen LogP contribution in [0.25, 0.3) is 0 Å². The van der Waals surface area contributed by atoms with E-state index in [-0.39, 0.29) is 17.4 Å². The molecule has 0 aliphatic carbocycles. The summed E-state index contributed by atoms with van der Waals surface area (Å²) in [6.07, 6.45) is 4.38. The van der Waals surface area contributed by atoms with E-state index >= 15 is 0 Å². The lowest BCUT2D eigenvalue weighted by Crippen LogP contribution is -2.43. The Morgan fingerprint density at radius 2 is 2.14 bits per heavy atom. The van der Waals surface area contributed by atoms with Gasteiger partial charge in [0.1, 0.15) is 0 Å². The van der Waals surface area contributed by atoms with E-state index in [0.717, 1.165) is 12.8 Å². The lowest BCUT2D eigenvalue weighted by atomic mass is 9.99. The monoisotopic (exact) mass is 327 g/mol.